The maximum atomic E-state index is 4.06. The van der Waals surface area contributed by atoms with Crippen molar-refractivity contribution in [2.24, 2.45) is 5.92 Å². The minimum Gasteiger partial charge on any atom is -0.335 e. The molecular weight excluding hydrogens is 148 g/mol. The Hall–Kier alpha value is -0.790. The van der Waals surface area contributed by atoms with E-state index in [1.165, 1.54) is 25.7 Å². The molecule has 1 aliphatic rings. The summed E-state index contributed by atoms with van der Waals surface area (Å²) in [6.07, 6.45) is 11.5. The highest BCUT2D eigenvalue weighted by Crippen LogP contribution is 2.33. The van der Waals surface area contributed by atoms with Crippen LogP contribution in [0.5, 0.6) is 0 Å². The fraction of sp³-hybridized carbons (Fsp3) is 0.700. The van der Waals surface area contributed by atoms with Gasteiger partial charge in [-0.25, -0.2) is 4.98 Å². The molecule has 0 bridgehead atoms. The van der Waals surface area contributed by atoms with Crippen LogP contribution in [0.25, 0.3) is 0 Å². The van der Waals surface area contributed by atoms with Gasteiger partial charge in [0.25, 0.3) is 0 Å². The lowest BCUT2D eigenvalue weighted by molar-refractivity contribution is 0.257. The molecule has 2 rings (SSSR count). The number of aromatic nitrogens is 2. The predicted molar refractivity (Wildman–Crippen MR) is 48.9 cm³/mol. The van der Waals surface area contributed by atoms with Gasteiger partial charge in [0.05, 0.1) is 6.33 Å². The first-order valence-electron chi connectivity index (χ1n) is 4.83. The molecule has 1 aromatic rings. The van der Waals surface area contributed by atoms with Crippen LogP contribution >= 0.6 is 0 Å². The van der Waals surface area contributed by atoms with E-state index in [9.17, 15) is 0 Å². The van der Waals surface area contributed by atoms with Crippen LogP contribution in [0.3, 0.4) is 0 Å². The Morgan fingerprint density at radius 1 is 1.58 bits per heavy atom. The maximum Gasteiger partial charge on any atom is 0.0948 e. The maximum absolute atomic E-state index is 4.06. The van der Waals surface area contributed by atoms with E-state index < -0.39 is 0 Å². The minimum atomic E-state index is 0.637. The Bertz CT molecular complexity index is 224. The summed E-state index contributed by atoms with van der Waals surface area (Å²) in [4.78, 5) is 4.06. The average Bonchev–Trinajstić information content (AvgIpc) is 2.47. The standard InChI is InChI=1S/C10H16N2/c1-9(7-10-3-2-4-10)12-6-5-11-8-12/h5-6,8-10H,2-4,7H2,1H3. The van der Waals surface area contributed by atoms with Crippen LogP contribution in [0.2, 0.25) is 0 Å². The number of hydrogen-bond donors (Lipinski definition) is 0. The molecule has 12 heavy (non-hydrogen) atoms. The first-order valence-corrected chi connectivity index (χ1v) is 4.83. The van der Waals surface area contributed by atoms with E-state index in [-0.39, 0.29) is 0 Å². The molecule has 0 spiro atoms. The van der Waals surface area contributed by atoms with E-state index in [4.69, 9.17) is 0 Å². The van der Waals surface area contributed by atoms with Gasteiger partial charge in [-0.2, -0.15) is 0 Å². The second-order valence-corrected chi connectivity index (χ2v) is 3.89. The summed E-state index contributed by atoms with van der Waals surface area (Å²) in [5, 5.41) is 0. The molecule has 1 fully saturated rings. The highest BCUT2D eigenvalue weighted by atomic mass is 15.0. The van der Waals surface area contributed by atoms with E-state index in [1.807, 2.05) is 12.5 Å². The largest absolute Gasteiger partial charge is 0.335 e. The molecule has 1 aliphatic carbocycles. The average molecular weight is 164 g/mol. The minimum absolute atomic E-state index is 0.637. The normalized spacial score (nSPS) is 20.4. The molecule has 1 heterocycles. The van der Waals surface area contributed by atoms with Crippen molar-refractivity contribution < 1.29 is 0 Å². The van der Waals surface area contributed by atoms with Crippen LogP contribution in [0.1, 0.15) is 38.6 Å². The molecule has 2 heteroatoms. The van der Waals surface area contributed by atoms with Crippen LogP contribution in [0.15, 0.2) is 18.7 Å². The van der Waals surface area contributed by atoms with Crippen LogP contribution in [0.4, 0.5) is 0 Å². The van der Waals surface area contributed by atoms with Gasteiger partial charge >= 0.3 is 0 Å². The summed E-state index contributed by atoms with van der Waals surface area (Å²) < 4.78 is 2.21. The lowest BCUT2D eigenvalue weighted by Gasteiger charge is -2.28. The second kappa shape index (κ2) is 3.30. The third kappa shape index (κ3) is 1.52. The smallest absolute Gasteiger partial charge is 0.0948 e. The molecular formula is C10H16N2. The van der Waals surface area contributed by atoms with Crippen molar-refractivity contribution in [3.8, 4) is 0 Å². The quantitative estimate of drug-likeness (QED) is 0.671. The molecule has 0 N–H and O–H groups in total. The summed E-state index contributed by atoms with van der Waals surface area (Å²) in [6.45, 7) is 2.28. The van der Waals surface area contributed by atoms with Gasteiger partial charge in [0, 0.05) is 18.4 Å². The van der Waals surface area contributed by atoms with Crippen molar-refractivity contribution in [2.45, 2.75) is 38.6 Å². The highest BCUT2D eigenvalue weighted by molar-refractivity contribution is 4.81. The molecule has 0 aromatic carbocycles. The Labute approximate surface area is 73.6 Å². The van der Waals surface area contributed by atoms with E-state index in [2.05, 4.69) is 22.7 Å². The molecule has 2 nitrogen and oxygen atoms in total. The summed E-state index contributed by atoms with van der Waals surface area (Å²) in [5.41, 5.74) is 0. The fourth-order valence-corrected chi connectivity index (χ4v) is 1.86. The van der Waals surface area contributed by atoms with Gasteiger partial charge in [0.2, 0.25) is 0 Å². The van der Waals surface area contributed by atoms with E-state index in [1.54, 1.807) is 0 Å². The van der Waals surface area contributed by atoms with Crippen molar-refractivity contribution >= 4 is 0 Å². The SMILES string of the molecule is CC(CC1CCC1)n1ccnc1. The zero-order chi connectivity index (χ0) is 8.39. The third-order valence-corrected chi connectivity index (χ3v) is 2.93. The third-order valence-electron chi connectivity index (χ3n) is 2.93. The van der Waals surface area contributed by atoms with Gasteiger partial charge in [0.15, 0.2) is 0 Å². The van der Waals surface area contributed by atoms with Gasteiger partial charge in [0.1, 0.15) is 0 Å². The summed E-state index contributed by atoms with van der Waals surface area (Å²) in [7, 11) is 0. The highest BCUT2D eigenvalue weighted by Gasteiger charge is 2.20. The zero-order valence-corrected chi connectivity index (χ0v) is 7.61. The van der Waals surface area contributed by atoms with Gasteiger partial charge in [-0.3, -0.25) is 0 Å². The van der Waals surface area contributed by atoms with Crippen molar-refractivity contribution in [1.82, 2.24) is 9.55 Å². The van der Waals surface area contributed by atoms with E-state index >= 15 is 0 Å². The Balaban J connectivity index is 1.87. The van der Waals surface area contributed by atoms with Gasteiger partial charge in [-0.1, -0.05) is 19.3 Å². The van der Waals surface area contributed by atoms with Crippen molar-refractivity contribution in [3.05, 3.63) is 18.7 Å². The first kappa shape index (κ1) is 7.84. The van der Waals surface area contributed by atoms with E-state index in [0.717, 1.165) is 5.92 Å². The molecule has 0 radical (unpaired) electrons. The van der Waals surface area contributed by atoms with Gasteiger partial charge in [-0.05, 0) is 19.3 Å². The number of rotatable bonds is 3. The molecule has 1 unspecified atom stereocenters. The first-order chi connectivity index (χ1) is 5.86. The van der Waals surface area contributed by atoms with Crippen molar-refractivity contribution in [2.75, 3.05) is 0 Å². The number of hydrogen-bond acceptors (Lipinski definition) is 1. The Morgan fingerprint density at radius 3 is 2.92 bits per heavy atom. The van der Waals surface area contributed by atoms with E-state index in [0.29, 0.717) is 6.04 Å². The summed E-state index contributed by atoms with van der Waals surface area (Å²) in [6, 6.07) is 0.637. The van der Waals surface area contributed by atoms with Crippen LogP contribution < -0.4 is 0 Å². The van der Waals surface area contributed by atoms with Crippen molar-refractivity contribution in [3.63, 3.8) is 0 Å². The van der Waals surface area contributed by atoms with Crippen LogP contribution in [-0.4, -0.2) is 9.55 Å². The molecule has 1 saturated carbocycles. The predicted octanol–water partition coefficient (Wildman–Crippen LogP) is 2.63. The number of imidazole rings is 1. The molecule has 0 saturated heterocycles. The van der Waals surface area contributed by atoms with Gasteiger partial charge in [-0.15, -0.1) is 0 Å². The summed E-state index contributed by atoms with van der Waals surface area (Å²) >= 11 is 0. The molecule has 1 atom stereocenters. The fourth-order valence-electron chi connectivity index (χ4n) is 1.86. The van der Waals surface area contributed by atoms with Crippen LogP contribution in [-0.2, 0) is 0 Å². The monoisotopic (exact) mass is 164 g/mol. The number of nitrogens with zero attached hydrogens (tertiary/aromatic N) is 2. The van der Waals surface area contributed by atoms with Crippen molar-refractivity contribution in [1.29, 1.82) is 0 Å². The van der Waals surface area contributed by atoms with Crippen LogP contribution in [0, 0.1) is 5.92 Å². The summed E-state index contributed by atoms with van der Waals surface area (Å²) in [5.74, 6) is 0.988. The second-order valence-electron chi connectivity index (χ2n) is 3.89. The lowest BCUT2D eigenvalue weighted by Crippen LogP contribution is -2.16. The lowest BCUT2D eigenvalue weighted by atomic mass is 9.81. The zero-order valence-electron chi connectivity index (χ0n) is 7.61. The van der Waals surface area contributed by atoms with Gasteiger partial charge < -0.3 is 4.57 Å². The molecule has 0 amide bonds. The Kier molecular flexibility index (Phi) is 2.15. The Morgan fingerprint density at radius 2 is 2.42 bits per heavy atom. The molecule has 66 valence electrons. The topological polar surface area (TPSA) is 17.8 Å². The molecule has 0 aliphatic heterocycles. The molecule has 1 aromatic heterocycles.